The van der Waals surface area contributed by atoms with Gasteiger partial charge in [-0.1, -0.05) is 29.8 Å². The summed E-state index contributed by atoms with van der Waals surface area (Å²) in [6.45, 7) is 3.63. The first-order chi connectivity index (χ1) is 11.9. The van der Waals surface area contributed by atoms with E-state index in [2.05, 4.69) is 5.32 Å². The molecule has 25 heavy (non-hydrogen) atoms. The monoisotopic (exact) mass is 346 g/mol. The summed E-state index contributed by atoms with van der Waals surface area (Å²) in [7, 11) is 0. The van der Waals surface area contributed by atoms with Crippen LogP contribution >= 0.6 is 0 Å². The van der Waals surface area contributed by atoms with Crippen molar-refractivity contribution >= 4 is 17.5 Å². The van der Waals surface area contributed by atoms with Crippen LogP contribution in [-0.4, -0.2) is 18.4 Å². The number of aryl methyl sites for hydroxylation is 1. The van der Waals surface area contributed by atoms with Crippen LogP contribution in [0, 0.1) is 18.6 Å². The van der Waals surface area contributed by atoms with Gasteiger partial charge in [0.15, 0.2) is 0 Å². The van der Waals surface area contributed by atoms with Gasteiger partial charge in [-0.3, -0.25) is 9.59 Å². The second-order valence-electron chi connectivity index (χ2n) is 5.78. The molecule has 0 radical (unpaired) electrons. The van der Waals surface area contributed by atoms with Gasteiger partial charge in [0.05, 0.1) is 5.69 Å². The molecule has 0 aliphatic heterocycles. The fourth-order valence-electron chi connectivity index (χ4n) is 2.47. The lowest BCUT2D eigenvalue weighted by molar-refractivity contribution is -0.121. The lowest BCUT2D eigenvalue weighted by Crippen LogP contribution is -2.34. The largest absolute Gasteiger partial charge is 0.352 e. The molecule has 0 aliphatic carbocycles. The number of nitrogens with zero attached hydrogens (tertiary/aromatic N) is 1. The van der Waals surface area contributed by atoms with Gasteiger partial charge in [-0.15, -0.1) is 0 Å². The highest BCUT2D eigenvalue weighted by molar-refractivity contribution is 5.92. The van der Waals surface area contributed by atoms with Gasteiger partial charge in [0.1, 0.15) is 11.6 Å². The molecule has 0 atom stereocenters. The van der Waals surface area contributed by atoms with Crippen molar-refractivity contribution in [3.05, 3.63) is 65.2 Å². The lowest BCUT2D eigenvalue weighted by atomic mass is 10.1. The van der Waals surface area contributed by atoms with Crippen LogP contribution in [0.2, 0.25) is 0 Å². The summed E-state index contributed by atoms with van der Waals surface area (Å²) in [6, 6.07) is 10.7. The zero-order valence-electron chi connectivity index (χ0n) is 14.2. The zero-order valence-corrected chi connectivity index (χ0v) is 14.2. The number of amides is 2. The van der Waals surface area contributed by atoms with E-state index in [1.165, 1.54) is 13.0 Å². The third kappa shape index (κ3) is 5.38. The molecular weight excluding hydrogens is 326 g/mol. The Kier molecular flexibility index (Phi) is 6.22. The number of benzene rings is 2. The SMILES string of the molecule is CC(=O)N(CCC(=O)NCc1cccc(C)c1)c1ccc(F)cc1F. The Labute approximate surface area is 145 Å². The molecule has 1 N–H and O–H groups in total. The molecule has 0 aromatic heterocycles. The summed E-state index contributed by atoms with van der Waals surface area (Å²) in [5, 5.41) is 2.76. The average Bonchev–Trinajstić information content (AvgIpc) is 2.54. The summed E-state index contributed by atoms with van der Waals surface area (Å²) in [6.07, 6.45) is 0.0161. The second kappa shape index (κ2) is 8.37. The van der Waals surface area contributed by atoms with E-state index in [9.17, 15) is 18.4 Å². The van der Waals surface area contributed by atoms with Crippen LogP contribution in [0.25, 0.3) is 0 Å². The van der Waals surface area contributed by atoms with Crippen molar-refractivity contribution in [2.24, 2.45) is 0 Å². The molecule has 0 saturated carbocycles. The fourth-order valence-corrected chi connectivity index (χ4v) is 2.47. The number of hydrogen-bond acceptors (Lipinski definition) is 2. The number of hydrogen-bond donors (Lipinski definition) is 1. The number of halogens is 2. The van der Waals surface area contributed by atoms with E-state index in [4.69, 9.17) is 0 Å². The van der Waals surface area contributed by atoms with Crippen molar-refractivity contribution in [2.45, 2.75) is 26.8 Å². The Morgan fingerprint density at radius 3 is 2.52 bits per heavy atom. The first-order valence-corrected chi connectivity index (χ1v) is 7.92. The van der Waals surface area contributed by atoms with E-state index in [1.807, 2.05) is 31.2 Å². The van der Waals surface area contributed by atoms with Gasteiger partial charge in [0.2, 0.25) is 11.8 Å². The van der Waals surface area contributed by atoms with Gasteiger partial charge < -0.3 is 10.2 Å². The molecule has 2 rings (SSSR count). The van der Waals surface area contributed by atoms with Crippen LogP contribution in [0.1, 0.15) is 24.5 Å². The average molecular weight is 346 g/mol. The fraction of sp³-hybridized carbons (Fsp3) is 0.263. The van der Waals surface area contributed by atoms with E-state index < -0.39 is 17.5 Å². The van der Waals surface area contributed by atoms with E-state index in [1.54, 1.807) is 0 Å². The van der Waals surface area contributed by atoms with Crippen LogP contribution in [0.5, 0.6) is 0 Å². The molecule has 0 fully saturated rings. The molecule has 0 saturated heterocycles. The normalized spacial score (nSPS) is 10.4. The maximum Gasteiger partial charge on any atom is 0.223 e. The van der Waals surface area contributed by atoms with Crippen LogP contribution in [0.4, 0.5) is 14.5 Å². The highest BCUT2D eigenvalue weighted by atomic mass is 19.1. The minimum absolute atomic E-state index is 0.0114. The molecule has 0 aliphatic rings. The zero-order chi connectivity index (χ0) is 18.4. The first-order valence-electron chi connectivity index (χ1n) is 7.92. The van der Waals surface area contributed by atoms with Gasteiger partial charge in [-0.05, 0) is 24.6 Å². The molecule has 0 spiro atoms. The summed E-state index contributed by atoms with van der Waals surface area (Å²) in [5.41, 5.74) is 2.03. The number of rotatable bonds is 6. The number of carbonyl (C=O) groups is 2. The van der Waals surface area contributed by atoms with Gasteiger partial charge in [-0.2, -0.15) is 0 Å². The van der Waals surface area contributed by atoms with Gasteiger partial charge in [0.25, 0.3) is 0 Å². The Hall–Kier alpha value is -2.76. The third-order valence-corrected chi connectivity index (χ3v) is 3.72. The van der Waals surface area contributed by atoms with Crippen molar-refractivity contribution in [1.29, 1.82) is 0 Å². The van der Waals surface area contributed by atoms with Crippen molar-refractivity contribution in [2.75, 3.05) is 11.4 Å². The summed E-state index contributed by atoms with van der Waals surface area (Å²) in [4.78, 5) is 24.9. The molecule has 0 bridgehead atoms. The minimum Gasteiger partial charge on any atom is -0.352 e. The van der Waals surface area contributed by atoms with Crippen molar-refractivity contribution < 1.29 is 18.4 Å². The topological polar surface area (TPSA) is 49.4 Å². The maximum absolute atomic E-state index is 13.9. The Morgan fingerprint density at radius 1 is 1.12 bits per heavy atom. The second-order valence-corrected chi connectivity index (χ2v) is 5.78. The molecule has 0 heterocycles. The standard InChI is InChI=1S/C19H20F2N2O2/c1-13-4-3-5-15(10-13)12-22-19(25)8-9-23(14(2)24)18-7-6-16(20)11-17(18)21/h3-7,10-11H,8-9,12H2,1-2H3,(H,22,25). The molecule has 6 heteroatoms. The Morgan fingerprint density at radius 2 is 1.88 bits per heavy atom. The quantitative estimate of drug-likeness (QED) is 0.872. The van der Waals surface area contributed by atoms with Gasteiger partial charge >= 0.3 is 0 Å². The van der Waals surface area contributed by atoms with E-state index in [0.29, 0.717) is 12.6 Å². The first kappa shape index (κ1) is 18.6. The van der Waals surface area contributed by atoms with Crippen LogP contribution in [0.3, 0.4) is 0 Å². The summed E-state index contributed by atoms with van der Waals surface area (Å²) in [5.74, 6) is -2.23. The highest BCUT2D eigenvalue weighted by Crippen LogP contribution is 2.20. The Balaban J connectivity index is 1.94. The van der Waals surface area contributed by atoms with E-state index in [0.717, 1.165) is 22.1 Å². The molecule has 4 nitrogen and oxygen atoms in total. The van der Waals surface area contributed by atoms with E-state index >= 15 is 0 Å². The van der Waals surface area contributed by atoms with Gasteiger partial charge in [-0.25, -0.2) is 8.78 Å². The predicted octanol–water partition coefficient (Wildman–Crippen LogP) is 3.33. The molecule has 0 unspecified atom stereocenters. The van der Waals surface area contributed by atoms with Crippen molar-refractivity contribution in [3.63, 3.8) is 0 Å². The molecule has 132 valence electrons. The smallest absolute Gasteiger partial charge is 0.223 e. The maximum atomic E-state index is 13.9. The number of anilines is 1. The lowest BCUT2D eigenvalue weighted by Gasteiger charge is -2.21. The number of nitrogens with one attached hydrogen (secondary N) is 1. The van der Waals surface area contributed by atoms with Gasteiger partial charge in [0, 0.05) is 32.5 Å². The molecule has 2 amide bonds. The number of carbonyl (C=O) groups excluding carboxylic acids is 2. The van der Waals surface area contributed by atoms with Crippen LogP contribution in [-0.2, 0) is 16.1 Å². The highest BCUT2D eigenvalue weighted by Gasteiger charge is 2.17. The molecular formula is C19H20F2N2O2. The minimum atomic E-state index is -0.838. The third-order valence-electron chi connectivity index (χ3n) is 3.72. The van der Waals surface area contributed by atoms with E-state index in [-0.39, 0.29) is 24.6 Å². The molecule has 2 aromatic rings. The Bertz CT molecular complexity index is 778. The molecule has 2 aromatic carbocycles. The van der Waals surface area contributed by atoms with Crippen molar-refractivity contribution in [3.8, 4) is 0 Å². The van der Waals surface area contributed by atoms with Crippen LogP contribution in [0.15, 0.2) is 42.5 Å². The van der Waals surface area contributed by atoms with Crippen LogP contribution < -0.4 is 10.2 Å². The van der Waals surface area contributed by atoms with Crippen molar-refractivity contribution in [1.82, 2.24) is 5.32 Å². The summed E-state index contributed by atoms with van der Waals surface area (Å²) >= 11 is 0. The predicted molar refractivity (Wildman–Crippen MR) is 92.0 cm³/mol. The summed E-state index contributed by atoms with van der Waals surface area (Å²) < 4.78 is 26.9.